The fourth-order valence-corrected chi connectivity index (χ4v) is 3.73. The third-order valence-corrected chi connectivity index (χ3v) is 5.39. The first-order valence-corrected chi connectivity index (χ1v) is 10.6. The fraction of sp³-hybridized carbons (Fsp3) is 0.545. The van der Waals surface area contributed by atoms with Crippen LogP contribution in [0.4, 0.5) is 0 Å². The summed E-state index contributed by atoms with van der Waals surface area (Å²) in [5, 5.41) is 14.2. The summed E-state index contributed by atoms with van der Waals surface area (Å²) in [6.45, 7) is 4.71. The minimum Gasteiger partial charge on any atom is -0.496 e. The quantitative estimate of drug-likeness (QED) is 0.693. The largest absolute Gasteiger partial charge is 0.496 e. The molecule has 1 aliphatic carbocycles. The van der Waals surface area contributed by atoms with E-state index < -0.39 is 0 Å². The molecule has 0 saturated heterocycles. The first-order chi connectivity index (χ1) is 14.5. The molecule has 162 valence electrons. The van der Waals surface area contributed by atoms with Crippen molar-refractivity contribution >= 4 is 11.8 Å². The van der Waals surface area contributed by atoms with Crippen LogP contribution in [-0.4, -0.2) is 46.5 Å². The number of methoxy groups -OCH3 is 1. The van der Waals surface area contributed by atoms with E-state index in [0.717, 1.165) is 37.0 Å². The maximum atomic E-state index is 12.4. The summed E-state index contributed by atoms with van der Waals surface area (Å²) in [6, 6.07) is 7.93. The Bertz CT molecular complexity index is 856. The van der Waals surface area contributed by atoms with Gasteiger partial charge in [0.05, 0.1) is 25.8 Å². The number of hydrogen-bond donors (Lipinski definition) is 2. The third-order valence-electron chi connectivity index (χ3n) is 5.39. The van der Waals surface area contributed by atoms with Crippen LogP contribution in [0.2, 0.25) is 0 Å². The van der Waals surface area contributed by atoms with Crippen molar-refractivity contribution in [2.45, 2.75) is 58.0 Å². The van der Waals surface area contributed by atoms with E-state index in [-0.39, 0.29) is 23.9 Å². The van der Waals surface area contributed by atoms with E-state index in [0.29, 0.717) is 24.6 Å². The number of nitrogens with one attached hydrogen (secondary N) is 2. The molecule has 3 rings (SSSR count). The smallest absolute Gasteiger partial charge is 0.273 e. The number of amides is 2. The van der Waals surface area contributed by atoms with Crippen LogP contribution >= 0.6 is 0 Å². The summed E-state index contributed by atoms with van der Waals surface area (Å²) in [5.41, 5.74) is 1.24. The number of benzene rings is 1. The van der Waals surface area contributed by atoms with Crippen LogP contribution in [0, 0.1) is 5.92 Å². The van der Waals surface area contributed by atoms with E-state index in [1.165, 1.54) is 0 Å². The molecule has 8 heteroatoms. The van der Waals surface area contributed by atoms with Gasteiger partial charge in [0.1, 0.15) is 5.75 Å². The number of aromatic nitrogens is 3. The van der Waals surface area contributed by atoms with Crippen LogP contribution in [0.15, 0.2) is 30.5 Å². The minimum atomic E-state index is -0.188. The predicted octanol–water partition coefficient (Wildman–Crippen LogP) is 2.52. The Kier molecular flexibility index (Phi) is 7.43. The summed E-state index contributed by atoms with van der Waals surface area (Å²) in [7, 11) is 1.61. The summed E-state index contributed by atoms with van der Waals surface area (Å²) in [5.74, 6) is 0.938. The normalized spacial score (nSPS) is 18.8. The number of hydrogen-bond acceptors (Lipinski definition) is 5. The lowest BCUT2D eigenvalue weighted by atomic mass is 9.91. The molecule has 1 saturated carbocycles. The molecule has 0 atom stereocenters. The maximum absolute atomic E-state index is 12.4. The Balaban J connectivity index is 1.47. The lowest BCUT2D eigenvalue weighted by Crippen LogP contribution is -2.38. The molecular formula is C22H31N5O3. The molecule has 8 nitrogen and oxygen atoms in total. The van der Waals surface area contributed by atoms with Gasteiger partial charge in [0.15, 0.2) is 5.69 Å². The van der Waals surface area contributed by atoms with Gasteiger partial charge in [-0.1, -0.05) is 37.3 Å². The monoisotopic (exact) mass is 413 g/mol. The van der Waals surface area contributed by atoms with Crippen LogP contribution in [0.5, 0.6) is 5.75 Å². The van der Waals surface area contributed by atoms with Crippen molar-refractivity contribution in [2.75, 3.05) is 13.7 Å². The standard InChI is InChI=1S/C22H31N5O3/c1-15(2)13-23-22(29)19-14-27(26-25-19)18-10-8-17(9-11-18)24-21(28)12-16-6-4-5-7-20(16)30-3/h4-7,14-15,17-18H,8-13H2,1-3H3,(H,23,29)(H,24,28). The molecule has 1 aromatic carbocycles. The summed E-state index contributed by atoms with van der Waals surface area (Å²) < 4.78 is 7.11. The van der Waals surface area contributed by atoms with Crippen molar-refractivity contribution < 1.29 is 14.3 Å². The van der Waals surface area contributed by atoms with Crippen molar-refractivity contribution in [3.8, 4) is 5.75 Å². The van der Waals surface area contributed by atoms with Crippen LogP contribution in [-0.2, 0) is 11.2 Å². The summed E-state index contributed by atoms with van der Waals surface area (Å²) in [6.07, 6.45) is 5.54. The number of nitrogens with zero attached hydrogens (tertiary/aromatic N) is 3. The third kappa shape index (κ3) is 5.81. The number of para-hydroxylation sites is 1. The lowest BCUT2D eigenvalue weighted by molar-refractivity contribution is -0.121. The first-order valence-electron chi connectivity index (χ1n) is 10.6. The van der Waals surface area contributed by atoms with Gasteiger partial charge in [-0.25, -0.2) is 4.68 Å². The fourth-order valence-electron chi connectivity index (χ4n) is 3.73. The zero-order valence-corrected chi connectivity index (χ0v) is 17.9. The topological polar surface area (TPSA) is 98.1 Å². The Labute approximate surface area is 177 Å². The van der Waals surface area contributed by atoms with Gasteiger partial charge in [0.25, 0.3) is 5.91 Å². The first kappa shape index (κ1) is 21.8. The molecule has 0 bridgehead atoms. The highest BCUT2D eigenvalue weighted by atomic mass is 16.5. The Hall–Kier alpha value is -2.90. The molecule has 0 aliphatic heterocycles. The van der Waals surface area contributed by atoms with Crippen molar-refractivity contribution in [1.82, 2.24) is 25.6 Å². The van der Waals surface area contributed by atoms with Gasteiger partial charge < -0.3 is 15.4 Å². The van der Waals surface area contributed by atoms with Gasteiger partial charge >= 0.3 is 0 Å². The average Bonchev–Trinajstić information content (AvgIpc) is 3.23. The van der Waals surface area contributed by atoms with Gasteiger partial charge in [-0.15, -0.1) is 5.10 Å². The van der Waals surface area contributed by atoms with E-state index in [1.807, 2.05) is 38.1 Å². The van der Waals surface area contributed by atoms with Crippen molar-refractivity contribution in [3.63, 3.8) is 0 Å². The van der Waals surface area contributed by atoms with Gasteiger partial charge in [-0.05, 0) is 37.7 Å². The second kappa shape index (κ2) is 10.2. The summed E-state index contributed by atoms with van der Waals surface area (Å²) >= 11 is 0. The Morgan fingerprint density at radius 2 is 1.93 bits per heavy atom. The number of ether oxygens (including phenoxy) is 1. The molecule has 1 aliphatic rings. The highest BCUT2D eigenvalue weighted by Crippen LogP contribution is 2.28. The lowest BCUT2D eigenvalue weighted by Gasteiger charge is -2.29. The SMILES string of the molecule is COc1ccccc1CC(=O)NC1CCC(n2cc(C(=O)NCC(C)C)nn2)CC1. The van der Waals surface area contributed by atoms with Gasteiger partial charge in [0, 0.05) is 18.2 Å². The predicted molar refractivity (Wildman–Crippen MR) is 113 cm³/mol. The zero-order valence-electron chi connectivity index (χ0n) is 17.9. The molecule has 1 fully saturated rings. The summed E-state index contributed by atoms with van der Waals surface area (Å²) in [4.78, 5) is 24.6. The molecule has 1 aromatic heterocycles. The van der Waals surface area contributed by atoms with Crippen molar-refractivity contribution in [2.24, 2.45) is 5.92 Å². The van der Waals surface area contributed by atoms with Gasteiger partial charge in [0.2, 0.25) is 5.91 Å². The molecule has 0 spiro atoms. The Morgan fingerprint density at radius 3 is 2.63 bits per heavy atom. The second-order valence-electron chi connectivity index (χ2n) is 8.25. The number of rotatable bonds is 8. The maximum Gasteiger partial charge on any atom is 0.273 e. The van der Waals surface area contributed by atoms with Crippen molar-refractivity contribution in [1.29, 1.82) is 0 Å². The molecule has 2 amide bonds. The van der Waals surface area contributed by atoms with Crippen LogP contribution in [0.1, 0.15) is 61.6 Å². The molecular weight excluding hydrogens is 382 g/mol. The molecule has 1 heterocycles. The van der Waals surface area contributed by atoms with Crippen LogP contribution in [0.3, 0.4) is 0 Å². The van der Waals surface area contributed by atoms with Crippen LogP contribution in [0.25, 0.3) is 0 Å². The van der Waals surface area contributed by atoms with Gasteiger partial charge in [-0.3, -0.25) is 9.59 Å². The number of carbonyl (C=O) groups excluding carboxylic acids is 2. The Morgan fingerprint density at radius 1 is 1.20 bits per heavy atom. The van der Waals surface area contributed by atoms with Gasteiger partial charge in [-0.2, -0.15) is 0 Å². The average molecular weight is 414 g/mol. The van der Waals surface area contributed by atoms with E-state index in [1.54, 1.807) is 18.0 Å². The second-order valence-corrected chi connectivity index (χ2v) is 8.25. The minimum absolute atomic E-state index is 0.00724. The number of carbonyl (C=O) groups is 2. The van der Waals surface area contributed by atoms with Crippen molar-refractivity contribution in [3.05, 3.63) is 41.7 Å². The molecule has 0 unspecified atom stereocenters. The molecule has 2 N–H and O–H groups in total. The van der Waals surface area contributed by atoms with E-state index in [2.05, 4.69) is 20.9 Å². The molecule has 0 radical (unpaired) electrons. The molecule has 2 aromatic rings. The van der Waals surface area contributed by atoms with Crippen LogP contribution < -0.4 is 15.4 Å². The highest BCUT2D eigenvalue weighted by molar-refractivity contribution is 5.91. The van der Waals surface area contributed by atoms with E-state index in [4.69, 9.17) is 4.74 Å². The van der Waals surface area contributed by atoms with E-state index >= 15 is 0 Å². The highest BCUT2D eigenvalue weighted by Gasteiger charge is 2.25. The molecule has 30 heavy (non-hydrogen) atoms. The zero-order chi connectivity index (χ0) is 21.5. The van der Waals surface area contributed by atoms with E-state index in [9.17, 15) is 9.59 Å².